The molecule has 1 N–H and O–H groups in total. The lowest BCUT2D eigenvalue weighted by Crippen LogP contribution is -2.45. The Morgan fingerprint density at radius 1 is 1.00 bits per heavy atom. The number of hydrogen-bond acceptors (Lipinski definition) is 3. The van der Waals surface area contributed by atoms with E-state index in [-0.39, 0.29) is 11.8 Å². The lowest BCUT2D eigenvalue weighted by molar-refractivity contribution is -0.144. The van der Waals surface area contributed by atoms with Crippen LogP contribution in [0.2, 0.25) is 0 Å². The van der Waals surface area contributed by atoms with Gasteiger partial charge < -0.3 is 14.6 Å². The number of methoxy groups -OCH3 is 1. The highest BCUT2D eigenvalue weighted by Crippen LogP contribution is 2.17. The summed E-state index contributed by atoms with van der Waals surface area (Å²) in [6.45, 7) is 7.81. The summed E-state index contributed by atoms with van der Waals surface area (Å²) in [7, 11) is 1.32. The zero-order valence-corrected chi connectivity index (χ0v) is 14.8. The van der Waals surface area contributed by atoms with Crippen LogP contribution >= 0.6 is 0 Å². The summed E-state index contributed by atoms with van der Waals surface area (Å²) in [5.41, 5.74) is 3.78. The first-order valence-electron chi connectivity index (χ1n) is 7.99. The van der Waals surface area contributed by atoms with E-state index in [2.05, 4.69) is 22.0 Å². The third-order valence-electron chi connectivity index (χ3n) is 4.07. The maximum absolute atomic E-state index is 12.4. The first kappa shape index (κ1) is 17.8. The lowest BCUT2D eigenvalue weighted by Gasteiger charge is -2.20. The Hall–Kier alpha value is -2.56. The molecular formula is C19H24N2O3. The molecule has 1 atom stereocenters. The van der Waals surface area contributed by atoms with Gasteiger partial charge in [-0.2, -0.15) is 0 Å². The minimum atomic E-state index is -0.656. The summed E-state index contributed by atoms with van der Waals surface area (Å²) < 4.78 is 6.87. The number of aromatic nitrogens is 1. The number of benzene rings is 1. The number of rotatable bonds is 5. The first-order chi connectivity index (χ1) is 11.3. The van der Waals surface area contributed by atoms with Gasteiger partial charge >= 0.3 is 5.97 Å². The normalized spacial score (nSPS) is 12.1. The van der Waals surface area contributed by atoms with Crippen LogP contribution in [0.15, 0.2) is 36.4 Å². The molecule has 1 heterocycles. The maximum atomic E-state index is 12.4. The van der Waals surface area contributed by atoms with Crippen LogP contribution in [-0.2, 0) is 9.53 Å². The predicted molar refractivity (Wildman–Crippen MR) is 93.4 cm³/mol. The van der Waals surface area contributed by atoms with E-state index in [1.807, 2.05) is 39.8 Å². The second-order valence-corrected chi connectivity index (χ2v) is 6.22. The number of aryl methyl sites for hydroxylation is 2. The highest BCUT2D eigenvalue weighted by atomic mass is 16.5. The summed E-state index contributed by atoms with van der Waals surface area (Å²) in [6.07, 6.45) is 0. The molecule has 0 aliphatic rings. The SMILES string of the molecule is COC(=O)C(NC(=O)c1ccc(-n2c(C)ccc2C)cc1)C(C)C. The van der Waals surface area contributed by atoms with Gasteiger partial charge in [-0.05, 0) is 56.2 Å². The van der Waals surface area contributed by atoms with Crippen molar-refractivity contribution in [1.82, 2.24) is 9.88 Å². The smallest absolute Gasteiger partial charge is 0.328 e. The van der Waals surface area contributed by atoms with Gasteiger partial charge in [0.15, 0.2) is 0 Å². The zero-order valence-electron chi connectivity index (χ0n) is 14.8. The quantitative estimate of drug-likeness (QED) is 0.858. The van der Waals surface area contributed by atoms with E-state index in [4.69, 9.17) is 4.74 Å². The molecular weight excluding hydrogens is 304 g/mol. The van der Waals surface area contributed by atoms with Crippen molar-refractivity contribution in [3.05, 3.63) is 53.3 Å². The van der Waals surface area contributed by atoms with E-state index >= 15 is 0 Å². The molecule has 0 saturated heterocycles. The van der Waals surface area contributed by atoms with Gasteiger partial charge in [-0.3, -0.25) is 4.79 Å². The van der Waals surface area contributed by atoms with Crippen LogP contribution in [-0.4, -0.2) is 29.6 Å². The van der Waals surface area contributed by atoms with Crippen LogP contribution in [0.1, 0.15) is 35.6 Å². The molecule has 0 aliphatic heterocycles. The highest BCUT2D eigenvalue weighted by Gasteiger charge is 2.25. The molecule has 128 valence electrons. The van der Waals surface area contributed by atoms with Crippen LogP contribution in [0.25, 0.3) is 5.69 Å². The van der Waals surface area contributed by atoms with Gasteiger partial charge in [-0.1, -0.05) is 13.8 Å². The van der Waals surface area contributed by atoms with Crippen molar-refractivity contribution in [2.75, 3.05) is 7.11 Å². The molecule has 0 fully saturated rings. The minimum absolute atomic E-state index is 0.0501. The lowest BCUT2D eigenvalue weighted by atomic mass is 10.0. The van der Waals surface area contributed by atoms with Crippen LogP contribution < -0.4 is 5.32 Å². The number of nitrogens with zero attached hydrogens (tertiary/aromatic N) is 1. The van der Waals surface area contributed by atoms with E-state index < -0.39 is 12.0 Å². The largest absolute Gasteiger partial charge is 0.467 e. The molecule has 0 spiro atoms. The third kappa shape index (κ3) is 3.67. The van der Waals surface area contributed by atoms with Gasteiger partial charge in [-0.15, -0.1) is 0 Å². The fourth-order valence-corrected chi connectivity index (χ4v) is 2.69. The number of carbonyl (C=O) groups excluding carboxylic acids is 2. The summed E-state index contributed by atoms with van der Waals surface area (Å²) in [6, 6.07) is 10.8. The van der Waals surface area contributed by atoms with E-state index in [0.29, 0.717) is 5.56 Å². The monoisotopic (exact) mass is 328 g/mol. The van der Waals surface area contributed by atoms with Crippen molar-refractivity contribution in [2.24, 2.45) is 5.92 Å². The van der Waals surface area contributed by atoms with E-state index in [1.54, 1.807) is 12.1 Å². The highest BCUT2D eigenvalue weighted by molar-refractivity contribution is 5.97. The molecule has 1 unspecified atom stereocenters. The molecule has 1 aromatic carbocycles. The number of carbonyl (C=O) groups is 2. The Bertz CT molecular complexity index is 710. The second kappa shape index (κ2) is 7.34. The summed E-state index contributed by atoms with van der Waals surface area (Å²) in [5.74, 6) is -0.772. The molecule has 5 nitrogen and oxygen atoms in total. The zero-order chi connectivity index (χ0) is 17.9. The van der Waals surface area contributed by atoms with Crippen molar-refractivity contribution < 1.29 is 14.3 Å². The van der Waals surface area contributed by atoms with Gasteiger partial charge in [0.2, 0.25) is 0 Å². The van der Waals surface area contributed by atoms with E-state index in [1.165, 1.54) is 7.11 Å². The molecule has 1 aromatic heterocycles. The topological polar surface area (TPSA) is 60.3 Å². The standard InChI is InChI=1S/C19H24N2O3/c1-12(2)17(19(23)24-5)20-18(22)15-8-10-16(11-9-15)21-13(3)6-7-14(21)4/h6-12,17H,1-5H3,(H,20,22). The van der Waals surface area contributed by atoms with Crippen LogP contribution in [0.3, 0.4) is 0 Å². The molecule has 0 saturated carbocycles. The average Bonchev–Trinajstić information content (AvgIpc) is 2.90. The van der Waals surface area contributed by atoms with Crippen LogP contribution in [0.5, 0.6) is 0 Å². The molecule has 2 aromatic rings. The Labute approximate surface area is 142 Å². The third-order valence-corrected chi connectivity index (χ3v) is 4.07. The van der Waals surface area contributed by atoms with E-state index in [9.17, 15) is 9.59 Å². The van der Waals surface area contributed by atoms with Gasteiger partial charge in [0, 0.05) is 22.6 Å². The van der Waals surface area contributed by atoms with Crippen molar-refractivity contribution in [3.8, 4) is 5.69 Å². The van der Waals surface area contributed by atoms with Gasteiger partial charge in [0.25, 0.3) is 5.91 Å². The van der Waals surface area contributed by atoms with Crippen molar-refractivity contribution in [3.63, 3.8) is 0 Å². The van der Waals surface area contributed by atoms with Gasteiger partial charge in [0.05, 0.1) is 7.11 Å². The predicted octanol–water partition coefficient (Wildman–Crippen LogP) is 3.02. The molecule has 0 aliphatic carbocycles. The Morgan fingerprint density at radius 3 is 2.00 bits per heavy atom. The molecule has 0 radical (unpaired) electrons. The minimum Gasteiger partial charge on any atom is -0.467 e. The van der Waals surface area contributed by atoms with Crippen LogP contribution in [0, 0.1) is 19.8 Å². The van der Waals surface area contributed by atoms with Gasteiger partial charge in [-0.25, -0.2) is 4.79 Å². The summed E-state index contributed by atoms with van der Waals surface area (Å²) in [4.78, 5) is 24.2. The van der Waals surface area contributed by atoms with Crippen molar-refractivity contribution in [2.45, 2.75) is 33.7 Å². The summed E-state index contributed by atoms with van der Waals surface area (Å²) in [5, 5.41) is 2.74. The first-order valence-corrected chi connectivity index (χ1v) is 7.99. The van der Waals surface area contributed by atoms with Crippen LogP contribution in [0.4, 0.5) is 0 Å². The fourth-order valence-electron chi connectivity index (χ4n) is 2.69. The summed E-state index contributed by atoms with van der Waals surface area (Å²) >= 11 is 0. The van der Waals surface area contributed by atoms with E-state index in [0.717, 1.165) is 17.1 Å². The number of nitrogens with one attached hydrogen (secondary N) is 1. The molecule has 24 heavy (non-hydrogen) atoms. The number of hydrogen-bond donors (Lipinski definition) is 1. The number of amides is 1. The Balaban J connectivity index is 2.18. The number of ether oxygens (including phenoxy) is 1. The molecule has 2 rings (SSSR count). The fraction of sp³-hybridized carbons (Fsp3) is 0.368. The Kier molecular flexibility index (Phi) is 5.44. The van der Waals surface area contributed by atoms with Crippen molar-refractivity contribution in [1.29, 1.82) is 0 Å². The Morgan fingerprint density at radius 2 is 1.54 bits per heavy atom. The van der Waals surface area contributed by atoms with Gasteiger partial charge in [0.1, 0.15) is 6.04 Å². The average molecular weight is 328 g/mol. The maximum Gasteiger partial charge on any atom is 0.328 e. The second-order valence-electron chi connectivity index (χ2n) is 6.22. The number of esters is 1. The molecule has 1 amide bonds. The van der Waals surface area contributed by atoms with Crippen molar-refractivity contribution >= 4 is 11.9 Å². The molecule has 0 bridgehead atoms. The molecule has 5 heteroatoms.